The summed E-state index contributed by atoms with van der Waals surface area (Å²) in [5.74, 6) is 0.695. The van der Waals surface area contributed by atoms with E-state index in [-0.39, 0.29) is 0 Å². The summed E-state index contributed by atoms with van der Waals surface area (Å²) in [6.07, 6.45) is 12.7. The molecule has 0 N–H and O–H groups in total. The number of hydrogen-bond acceptors (Lipinski definition) is 10. The highest BCUT2D eigenvalue weighted by atomic mass is 15.2. The Morgan fingerprint density at radius 3 is 2.61 bits per heavy atom. The van der Waals surface area contributed by atoms with Gasteiger partial charge in [-0.05, 0) is 6.92 Å². The molecule has 0 aliphatic carbocycles. The average molecular weight is 409 g/mol. The van der Waals surface area contributed by atoms with Crippen LogP contribution in [0, 0.1) is 6.92 Å². The minimum atomic E-state index is 0.315. The summed E-state index contributed by atoms with van der Waals surface area (Å²) in [7, 11) is 0. The lowest BCUT2D eigenvalue weighted by atomic mass is 10.3. The summed E-state index contributed by atoms with van der Waals surface area (Å²) in [6.45, 7) is 5.43. The monoisotopic (exact) mass is 409 g/mol. The van der Waals surface area contributed by atoms with Gasteiger partial charge in [-0.15, -0.1) is 15.0 Å². The third-order valence-electron chi connectivity index (χ3n) is 4.28. The Bertz CT molecular complexity index is 1480. The summed E-state index contributed by atoms with van der Waals surface area (Å²) in [5.41, 5.74) is 3.13. The van der Waals surface area contributed by atoms with Gasteiger partial charge in [0.25, 0.3) is 0 Å². The normalized spacial score (nSPS) is 11.7. The van der Waals surface area contributed by atoms with Gasteiger partial charge < -0.3 is 0 Å². The minimum absolute atomic E-state index is 0.315. The molecule has 0 aliphatic heterocycles. The third kappa shape index (κ3) is 3.53. The lowest BCUT2D eigenvalue weighted by molar-refractivity contribution is -0.558. The molecule has 5 aromatic rings. The summed E-state index contributed by atoms with van der Waals surface area (Å²) < 4.78 is 1.62. The highest BCUT2D eigenvalue weighted by Crippen LogP contribution is 2.16. The van der Waals surface area contributed by atoms with Crippen LogP contribution in [0.4, 0.5) is 5.69 Å². The Labute approximate surface area is 174 Å². The van der Waals surface area contributed by atoms with Crippen LogP contribution in [-0.4, -0.2) is 57.5 Å². The predicted octanol–water partition coefficient (Wildman–Crippen LogP) is 1.05. The van der Waals surface area contributed by atoms with E-state index in [9.17, 15) is 0 Å². The fourth-order valence-corrected chi connectivity index (χ4v) is 2.75. The molecule has 0 radical (unpaired) electrons. The topological polar surface area (TPSA) is 145 Å². The van der Waals surface area contributed by atoms with E-state index in [0.29, 0.717) is 45.5 Å². The molecule has 5 rings (SSSR count). The first kappa shape index (κ1) is 18.3. The number of rotatable bonds is 2. The molecule has 0 unspecified atom stereocenters. The molecule has 0 aromatic carbocycles. The van der Waals surface area contributed by atoms with Gasteiger partial charge >= 0.3 is 5.96 Å². The molecular formula is C19H13N12+. The van der Waals surface area contributed by atoms with E-state index in [2.05, 4.69) is 61.6 Å². The van der Waals surface area contributed by atoms with Crippen molar-refractivity contribution >= 4 is 40.7 Å². The number of fused-ring (bicyclic) bond motifs is 2. The van der Waals surface area contributed by atoms with E-state index in [0.717, 1.165) is 5.69 Å². The van der Waals surface area contributed by atoms with Crippen LogP contribution < -0.4 is 4.57 Å². The van der Waals surface area contributed by atoms with Crippen molar-refractivity contribution in [2.75, 3.05) is 0 Å². The van der Waals surface area contributed by atoms with Crippen LogP contribution in [0.2, 0.25) is 0 Å². The van der Waals surface area contributed by atoms with Gasteiger partial charge in [-0.2, -0.15) is 9.55 Å². The smallest absolute Gasteiger partial charge is 0.241 e. The Balaban J connectivity index is 1.53. The standard InChI is InChI=1S/C19H13N12/c1-11-13(6-21-9-26-11)29-19(20-2)31-8-12-5-24-16(30-15(12)27-10-31)14-7-25-17-18(28-14)23-4-3-22-17/h3-10H,2H2,1H3/q+1. The van der Waals surface area contributed by atoms with Crippen molar-refractivity contribution in [3.05, 3.63) is 55.5 Å². The molecule has 0 saturated carbocycles. The Hall–Kier alpha value is -4.74. The largest absolute Gasteiger partial charge is 0.388 e. The Morgan fingerprint density at radius 2 is 1.77 bits per heavy atom. The van der Waals surface area contributed by atoms with Crippen molar-refractivity contribution in [3.63, 3.8) is 0 Å². The molecule has 12 heteroatoms. The van der Waals surface area contributed by atoms with Crippen molar-refractivity contribution < 1.29 is 4.57 Å². The van der Waals surface area contributed by atoms with Crippen LogP contribution in [0.1, 0.15) is 5.69 Å². The highest BCUT2D eigenvalue weighted by molar-refractivity contribution is 5.80. The molecule has 0 amide bonds. The van der Waals surface area contributed by atoms with Gasteiger partial charge in [0.15, 0.2) is 22.8 Å². The van der Waals surface area contributed by atoms with Crippen LogP contribution in [0.3, 0.4) is 0 Å². The Morgan fingerprint density at radius 1 is 0.903 bits per heavy atom. The molecule has 12 nitrogen and oxygen atoms in total. The number of hydrogen-bond donors (Lipinski definition) is 0. The van der Waals surface area contributed by atoms with E-state index in [4.69, 9.17) is 0 Å². The third-order valence-corrected chi connectivity index (χ3v) is 4.28. The summed E-state index contributed by atoms with van der Waals surface area (Å²) in [4.78, 5) is 46.8. The van der Waals surface area contributed by atoms with Crippen LogP contribution in [0.25, 0.3) is 33.8 Å². The van der Waals surface area contributed by atoms with Gasteiger partial charge in [-0.25, -0.2) is 34.9 Å². The summed E-state index contributed by atoms with van der Waals surface area (Å²) in [5, 5.41) is 0.678. The molecule has 0 spiro atoms. The lowest BCUT2D eigenvalue weighted by Crippen LogP contribution is -2.41. The predicted molar refractivity (Wildman–Crippen MR) is 110 cm³/mol. The first-order chi connectivity index (χ1) is 15.2. The number of aliphatic imine (C=N–C) groups is 2. The maximum Gasteiger partial charge on any atom is 0.388 e. The zero-order chi connectivity index (χ0) is 21.2. The van der Waals surface area contributed by atoms with E-state index >= 15 is 0 Å². The van der Waals surface area contributed by atoms with Gasteiger partial charge in [0, 0.05) is 18.6 Å². The van der Waals surface area contributed by atoms with Crippen LogP contribution in [0.15, 0.2) is 59.8 Å². The molecular weight excluding hydrogens is 396 g/mol. The van der Waals surface area contributed by atoms with Gasteiger partial charge in [0.05, 0.1) is 36.4 Å². The Kier molecular flexibility index (Phi) is 4.48. The SMILES string of the molecule is C=NC(=Nc1cncnc1C)[n+]1cnc2nc(-c3cnc4nccnc4n3)ncc2c1. The summed E-state index contributed by atoms with van der Waals surface area (Å²) in [6, 6.07) is 0. The second-order valence-electron chi connectivity index (χ2n) is 6.28. The number of aryl methyl sites for hydroxylation is 1. The molecule has 0 bridgehead atoms. The van der Waals surface area contributed by atoms with E-state index in [1.165, 1.54) is 6.33 Å². The van der Waals surface area contributed by atoms with Crippen molar-refractivity contribution in [2.24, 2.45) is 9.98 Å². The molecule has 5 heterocycles. The number of nitrogens with zero attached hydrogens (tertiary/aromatic N) is 12. The molecule has 5 aromatic heterocycles. The molecule has 0 aliphatic rings. The zero-order valence-electron chi connectivity index (χ0n) is 16.2. The van der Waals surface area contributed by atoms with Crippen LogP contribution >= 0.6 is 0 Å². The first-order valence-electron chi connectivity index (χ1n) is 9.02. The molecule has 148 valence electrons. The van der Waals surface area contributed by atoms with Gasteiger partial charge in [0.2, 0.25) is 12.0 Å². The van der Waals surface area contributed by atoms with Gasteiger partial charge in [-0.1, -0.05) is 0 Å². The maximum atomic E-state index is 4.48. The van der Waals surface area contributed by atoms with E-state index < -0.39 is 0 Å². The van der Waals surface area contributed by atoms with Crippen molar-refractivity contribution in [1.82, 2.24) is 44.9 Å². The second kappa shape index (κ2) is 7.59. The maximum absolute atomic E-state index is 4.48. The van der Waals surface area contributed by atoms with E-state index in [1.54, 1.807) is 48.1 Å². The molecule has 31 heavy (non-hydrogen) atoms. The van der Waals surface area contributed by atoms with Gasteiger partial charge in [0.1, 0.15) is 12.0 Å². The van der Waals surface area contributed by atoms with Gasteiger partial charge in [-0.3, -0.25) is 0 Å². The average Bonchev–Trinajstić information content (AvgIpc) is 2.82. The zero-order valence-corrected chi connectivity index (χ0v) is 16.2. The van der Waals surface area contributed by atoms with Crippen LogP contribution in [0.5, 0.6) is 0 Å². The fourth-order valence-electron chi connectivity index (χ4n) is 2.75. The fraction of sp³-hybridized carbons (Fsp3) is 0.0526. The van der Waals surface area contributed by atoms with Crippen molar-refractivity contribution in [3.8, 4) is 11.5 Å². The second-order valence-corrected chi connectivity index (χ2v) is 6.28. The minimum Gasteiger partial charge on any atom is -0.241 e. The van der Waals surface area contributed by atoms with Crippen molar-refractivity contribution in [1.29, 1.82) is 0 Å². The number of aromatic nitrogens is 10. The van der Waals surface area contributed by atoms with Crippen molar-refractivity contribution in [2.45, 2.75) is 6.92 Å². The highest BCUT2D eigenvalue weighted by Gasteiger charge is 2.14. The van der Waals surface area contributed by atoms with E-state index in [1.807, 2.05) is 6.92 Å². The molecule has 0 fully saturated rings. The molecule has 0 atom stereocenters. The van der Waals surface area contributed by atoms with Crippen LogP contribution in [-0.2, 0) is 0 Å². The quantitative estimate of drug-likeness (QED) is 0.237. The molecule has 0 saturated heterocycles. The lowest BCUT2D eigenvalue weighted by Gasteiger charge is -2.02. The summed E-state index contributed by atoms with van der Waals surface area (Å²) >= 11 is 0. The first-order valence-corrected chi connectivity index (χ1v) is 9.02.